The Kier molecular flexibility index (Phi) is 3.52. The van der Waals surface area contributed by atoms with Gasteiger partial charge < -0.3 is 9.64 Å². The molecule has 0 atom stereocenters. The van der Waals surface area contributed by atoms with Gasteiger partial charge in [0.05, 0.1) is 18.4 Å². The number of hydrogen-bond acceptors (Lipinski definition) is 3. The van der Waals surface area contributed by atoms with Gasteiger partial charge in [0, 0.05) is 18.6 Å². The molecule has 0 aromatic heterocycles. The maximum atomic E-state index is 11.2. The van der Waals surface area contributed by atoms with Crippen LogP contribution in [-0.4, -0.2) is 27.2 Å². The minimum atomic E-state index is -0.319. The zero-order chi connectivity index (χ0) is 10.7. The second kappa shape index (κ2) is 4.46. The van der Waals surface area contributed by atoms with Crippen LogP contribution in [0.5, 0.6) is 0 Å². The maximum Gasteiger partial charge on any atom is 0.337 e. The number of hydrogen-bond donors (Lipinski definition) is 0. The van der Waals surface area contributed by atoms with Crippen LogP contribution in [0, 0.1) is 0 Å². The molecule has 14 heavy (non-hydrogen) atoms. The van der Waals surface area contributed by atoms with E-state index in [2.05, 4.69) is 20.7 Å². The van der Waals surface area contributed by atoms with Gasteiger partial charge in [0.15, 0.2) is 0 Å². The van der Waals surface area contributed by atoms with Crippen molar-refractivity contribution in [2.75, 3.05) is 26.1 Å². The first-order valence-electron chi connectivity index (χ1n) is 4.11. The number of methoxy groups -OCH3 is 1. The minimum absolute atomic E-state index is 0.319. The third-order valence-corrected chi connectivity index (χ3v) is 2.52. The molecule has 0 aliphatic rings. The van der Waals surface area contributed by atoms with Crippen molar-refractivity contribution >= 4 is 27.6 Å². The average Bonchev–Trinajstić information content (AvgIpc) is 2.17. The molecular formula is C10H12BrNO2. The fourth-order valence-corrected chi connectivity index (χ4v) is 1.70. The highest BCUT2D eigenvalue weighted by molar-refractivity contribution is 9.10. The fourth-order valence-electron chi connectivity index (χ4n) is 1.10. The van der Waals surface area contributed by atoms with Gasteiger partial charge in [-0.25, -0.2) is 4.79 Å². The van der Waals surface area contributed by atoms with Gasteiger partial charge in [0.2, 0.25) is 0 Å². The summed E-state index contributed by atoms with van der Waals surface area (Å²) in [6.45, 7) is 0. The molecule has 0 fully saturated rings. The number of halogens is 1. The summed E-state index contributed by atoms with van der Waals surface area (Å²) in [5.74, 6) is -0.319. The number of nitrogens with zero attached hydrogens (tertiary/aromatic N) is 1. The van der Waals surface area contributed by atoms with Gasteiger partial charge in [-0.05, 0) is 34.1 Å². The number of ether oxygens (including phenoxy) is 1. The summed E-state index contributed by atoms with van der Waals surface area (Å²) >= 11 is 3.41. The molecule has 0 saturated heterocycles. The number of esters is 1. The van der Waals surface area contributed by atoms with Crippen LogP contribution in [-0.2, 0) is 4.74 Å². The Morgan fingerprint density at radius 1 is 1.43 bits per heavy atom. The lowest BCUT2D eigenvalue weighted by molar-refractivity contribution is 0.0601. The van der Waals surface area contributed by atoms with E-state index in [0.717, 1.165) is 10.2 Å². The number of carbonyl (C=O) groups is 1. The molecule has 0 aliphatic carbocycles. The van der Waals surface area contributed by atoms with Gasteiger partial charge in [-0.15, -0.1) is 0 Å². The van der Waals surface area contributed by atoms with Crippen LogP contribution in [0.3, 0.4) is 0 Å². The van der Waals surface area contributed by atoms with Crippen LogP contribution < -0.4 is 4.90 Å². The Bertz CT molecular complexity index is 350. The largest absolute Gasteiger partial charge is 0.465 e. The fraction of sp³-hybridized carbons (Fsp3) is 0.300. The van der Waals surface area contributed by atoms with Crippen molar-refractivity contribution in [3.05, 3.63) is 28.2 Å². The molecule has 3 nitrogen and oxygen atoms in total. The summed E-state index contributed by atoms with van der Waals surface area (Å²) < 4.78 is 5.59. The van der Waals surface area contributed by atoms with Gasteiger partial charge >= 0.3 is 5.97 Å². The summed E-state index contributed by atoms with van der Waals surface area (Å²) in [7, 11) is 5.21. The van der Waals surface area contributed by atoms with E-state index in [1.54, 1.807) is 12.1 Å². The van der Waals surface area contributed by atoms with Crippen molar-refractivity contribution in [2.24, 2.45) is 0 Å². The molecule has 0 spiro atoms. The molecule has 0 heterocycles. The molecule has 0 amide bonds. The van der Waals surface area contributed by atoms with E-state index in [-0.39, 0.29) is 5.97 Å². The molecule has 0 unspecified atom stereocenters. The highest BCUT2D eigenvalue weighted by Crippen LogP contribution is 2.25. The summed E-state index contributed by atoms with van der Waals surface area (Å²) in [4.78, 5) is 13.2. The van der Waals surface area contributed by atoms with Crippen molar-refractivity contribution in [1.82, 2.24) is 0 Å². The van der Waals surface area contributed by atoms with Crippen molar-refractivity contribution in [3.63, 3.8) is 0 Å². The highest BCUT2D eigenvalue weighted by Gasteiger charge is 2.09. The number of anilines is 1. The van der Waals surface area contributed by atoms with Crippen molar-refractivity contribution < 1.29 is 9.53 Å². The van der Waals surface area contributed by atoms with E-state index in [1.807, 2.05) is 25.1 Å². The van der Waals surface area contributed by atoms with Crippen molar-refractivity contribution in [1.29, 1.82) is 0 Å². The Morgan fingerprint density at radius 2 is 2.07 bits per heavy atom. The van der Waals surface area contributed by atoms with Crippen LogP contribution in [0.2, 0.25) is 0 Å². The summed E-state index contributed by atoms with van der Waals surface area (Å²) in [6, 6.07) is 5.35. The van der Waals surface area contributed by atoms with Gasteiger partial charge in [0.1, 0.15) is 0 Å². The molecule has 0 radical (unpaired) electrons. The molecule has 0 N–H and O–H groups in total. The second-order valence-electron chi connectivity index (χ2n) is 3.05. The zero-order valence-electron chi connectivity index (χ0n) is 8.37. The van der Waals surface area contributed by atoms with E-state index < -0.39 is 0 Å². The first-order chi connectivity index (χ1) is 6.56. The summed E-state index contributed by atoms with van der Waals surface area (Å²) in [5.41, 5.74) is 1.51. The normalized spacial score (nSPS) is 9.71. The monoisotopic (exact) mass is 257 g/mol. The molecular weight excluding hydrogens is 246 g/mol. The SMILES string of the molecule is COC(=O)c1ccc(Br)c(N(C)C)c1. The van der Waals surface area contributed by atoms with Gasteiger partial charge in [0.25, 0.3) is 0 Å². The minimum Gasteiger partial charge on any atom is -0.465 e. The summed E-state index contributed by atoms with van der Waals surface area (Å²) in [5, 5.41) is 0. The molecule has 0 aliphatic heterocycles. The lowest BCUT2D eigenvalue weighted by atomic mass is 10.2. The van der Waals surface area contributed by atoms with Gasteiger partial charge in [-0.1, -0.05) is 0 Å². The van der Waals surface area contributed by atoms with Crippen molar-refractivity contribution in [3.8, 4) is 0 Å². The van der Waals surface area contributed by atoms with Crippen LogP contribution >= 0.6 is 15.9 Å². The molecule has 4 heteroatoms. The second-order valence-corrected chi connectivity index (χ2v) is 3.91. The lowest BCUT2D eigenvalue weighted by Crippen LogP contribution is -2.11. The Hall–Kier alpha value is -1.03. The zero-order valence-corrected chi connectivity index (χ0v) is 9.96. The molecule has 76 valence electrons. The quantitative estimate of drug-likeness (QED) is 0.762. The van der Waals surface area contributed by atoms with E-state index >= 15 is 0 Å². The Balaban J connectivity index is 3.13. The molecule has 1 aromatic rings. The van der Waals surface area contributed by atoms with Crippen LogP contribution in [0.15, 0.2) is 22.7 Å². The Morgan fingerprint density at radius 3 is 2.57 bits per heavy atom. The molecule has 0 saturated carbocycles. The molecule has 1 aromatic carbocycles. The average molecular weight is 258 g/mol. The standard InChI is InChI=1S/C10H12BrNO2/c1-12(2)9-6-7(10(13)14-3)4-5-8(9)11/h4-6H,1-3H3. The number of benzene rings is 1. The van der Waals surface area contributed by atoms with Gasteiger partial charge in [-0.3, -0.25) is 0 Å². The molecule has 0 bridgehead atoms. The summed E-state index contributed by atoms with van der Waals surface area (Å²) in [6.07, 6.45) is 0. The van der Waals surface area contributed by atoms with E-state index in [4.69, 9.17) is 0 Å². The van der Waals surface area contributed by atoms with Crippen molar-refractivity contribution in [2.45, 2.75) is 0 Å². The highest BCUT2D eigenvalue weighted by atomic mass is 79.9. The van der Waals surface area contributed by atoms with Crippen LogP contribution in [0.25, 0.3) is 0 Å². The first kappa shape index (κ1) is 11.0. The van der Waals surface area contributed by atoms with Gasteiger partial charge in [-0.2, -0.15) is 0 Å². The number of carbonyl (C=O) groups excluding carboxylic acids is 1. The maximum absolute atomic E-state index is 11.2. The third kappa shape index (κ3) is 2.26. The predicted molar refractivity (Wildman–Crippen MR) is 59.8 cm³/mol. The van der Waals surface area contributed by atoms with Crippen LogP contribution in [0.4, 0.5) is 5.69 Å². The number of rotatable bonds is 2. The third-order valence-electron chi connectivity index (χ3n) is 1.85. The lowest BCUT2D eigenvalue weighted by Gasteiger charge is -2.15. The topological polar surface area (TPSA) is 29.5 Å². The smallest absolute Gasteiger partial charge is 0.337 e. The van der Waals surface area contributed by atoms with E-state index in [0.29, 0.717) is 5.56 Å². The first-order valence-corrected chi connectivity index (χ1v) is 4.90. The van der Waals surface area contributed by atoms with E-state index in [1.165, 1.54) is 7.11 Å². The van der Waals surface area contributed by atoms with E-state index in [9.17, 15) is 4.79 Å². The van der Waals surface area contributed by atoms with Crippen LogP contribution in [0.1, 0.15) is 10.4 Å². The molecule has 1 rings (SSSR count). The predicted octanol–water partition coefficient (Wildman–Crippen LogP) is 2.30. The Labute approximate surface area is 91.8 Å².